The monoisotopic (exact) mass is 288 g/mol. The highest BCUT2D eigenvalue weighted by molar-refractivity contribution is 6.30. The second kappa shape index (κ2) is 5.10. The highest BCUT2D eigenvalue weighted by atomic mass is 35.5. The van der Waals surface area contributed by atoms with Crippen molar-refractivity contribution in [2.24, 2.45) is 0 Å². The van der Waals surface area contributed by atoms with E-state index < -0.39 is 0 Å². The third-order valence-electron chi connectivity index (χ3n) is 2.35. The first-order chi connectivity index (χ1) is 9.70. The first-order valence-electron chi connectivity index (χ1n) is 5.60. The van der Waals surface area contributed by atoms with E-state index in [0.29, 0.717) is 11.0 Å². The normalized spacial score (nSPS) is 10.4. The van der Waals surface area contributed by atoms with Gasteiger partial charge in [0.05, 0.1) is 0 Å². The summed E-state index contributed by atoms with van der Waals surface area (Å²) < 4.78 is 1.39. The molecule has 0 radical (unpaired) electrons. The van der Waals surface area contributed by atoms with Crippen LogP contribution < -0.4 is 11.1 Å². The number of benzene rings is 1. The van der Waals surface area contributed by atoms with Crippen LogP contribution in [0.15, 0.2) is 36.9 Å². The Balaban J connectivity index is 1.94. The number of nitrogens with one attached hydrogen (secondary N) is 1. The number of hydrogen-bond acceptors (Lipinski definition) is 7. The lowest BCUT2D eigenvalue weighted by Gasteiger charge is -2.07. The van der Waals surface area contributed by atoms with E-state index in [1.54, 1.807) is 12.1 Å². The smallest absolute Gasteiger partial charge is 0.258 e. The van der Waals surface area contributed by atoms with Gasteiger partial charge in [0.15, 0.2) is 0 Å². The Kier molecular flexibility index (Phi) is 3.13. The van der Waals surface area contributed by atoms with E-state index >= 15 is 0 Å². The molecule has 3 N–H and O–H groups in total. The summed E-state index contributed by atoms with van der Waals surface area (Å²) in [6, 6.07) is 7.17. The lowest BCUT2D eigenvalue weighted by molar-refractivity contribution is 0.800. The third kappa shape index (κ3) is 2.64. The SMILES string of the molecule is Nc1nc(Nc2cccc(Cl)c2)nc(-n2cncn2)n1. The number of nitrogen functional groups attached to an aromatic ring is 1. The van der Waals surface area contributed by atoms with E-state index in [1.165, 1.54) is 17.3 Å². The van der Waals surface area contributed by atoms with Crippen molar-refractivity contribution in [3.05, 3.63) is 41.9 Å². The largest absolute Gasteiger partial charge is 0.368 e. The number of anilines is 3. The lowest BCUT2D eigenvalue weighted by Crippen LogP contribution is -2.09. The average molecular weight is 289 g/mol. The summed E-state index contributed by atoms with van der Waals surface area (Å²) >= 11 is 5.91. The molecule has 0 unspecified atom stereocenters. The Bertz CT molecular complexity index is 727. The topological polar surface area (TPSA) is 107 Å². The molecule has 0 aliphatic carbocycles. The molecule has 0 saturated heterocycles. The molecule has 0 amide bonds. The molecule has 20 heavy (non-hydrogen) atoms. The molecule has 0 saturated carbocycles. The number of rotatable bonds is 3. The fourth-order valence-electron chi connectivity index (χ4n) is 1.55. The molecule has 0 bridgehead atoms. The van der Waals surface area contributed by atoms with Gasteiger partial charge in [-0.3, -0.25) is 0 Å². The van der Waals surface area contributed by atoms with Crippen molar-refractivity contribution < 1.29 is 0 Å². The second-order valence-electron chi connectivity index (χ2n) is 3.79. The van der Waals surface area contributed by atoms with Gasteiger partial charge in [-0.25, -0.2) is 4.98 Å². The van der Waals surface area contributed by atoms with Crippen LogP contribution in [-0.2, 0) is 0 Å². The molecular weight excluding hydrogens is 280 g/mol. The number of aromatic nitrogens is 6. The van der Waals surface area contributed by atoms with Gasteiger partial charge in [0, 0.05) is 10.7 Å². The molecular formula is C11H9ClN8. The predicted octanol–water partition coefficient (Wildman–Crippen LogP) is 1.43. The number of nitrogens with zero attached hydrogens (tertiary/aromatic N) is 6. The van der Waals surface area contributed by atoms with Crippen LogP contribution in [0.25, 0.3) is 5.95 Å². The van der Waals surface area contributed by atoms with Crippen LogP contribution in [0.5, 0.6) is 0 Å². The average Bonchev–Trinajstić information content (AvgIpc) is 2.91. The minimum absolute atomic E-state index is 0.0787. The predicted molar refractivity (Wildman–Crippen MR) is 73.9 cm³/mol. The molecule has 1 aromatic carbocycles. The van der Waals surface area contributed by atoms with E-state index in [4.69, 9.17) is 17.3 Å². The molecule has 3 rings (SSSR count). The van der Waals surface area contributed by atoms with Crippen LogP contribution in [0.2, 0.25) is 5.02 Å². The van der Waals surface area contributed by atoms with Crippen LogP contribution in [0.3, 0.4) is 0 Å². The van der Waals surface area contributed by atoms with Crippen molar-refractivity contribution in [2.45, 2.75) is 0 Å². The minimum Gasteiger partial charge on any atom is -0.368 e. The highest BCUT2D eigenvalue weighted by Crippen LogP contribution is 2.18. The van der Waals surface area contributed by atoms with E-state index in [9.17, 15) is 0 Å². The summed E-state index contributed by atoms with van der Waals surface area (Å²) in [5.74, 6) is 0.653. The number of nitrogens with two attached hydrogens (primary N) is 1. The molecule has 0 aliphatic rings. The zero-order valence-electron chi connectivity index (χ0n) is 10.1. The van der Waals surface area contributed by atoms with Crippen molar-refractivity contribution in [2.75, 3.05) is 11.1 Å². The first kappa shape index (κ1) is 12.3. The maximum atomic E-state index is 5.91. The van der Waals surface area contributed by atoms with Crippen molar-refractivity contribution >= 4 is 29.2 Å². The molecule has 8 nitrogen and oxygen atoms in total. The number of halogens is 1. The summed E-state index contributed by atoms with van der Waals surface area (Å²) in [5.41, 5.74) is 6.40. The molecule has 0 aliphatic heterocycles. The molecule has 0 spiro atoms. The molecule has 9 heteroatoms. The fraction of sp³-hybridized carbons (Fsp3) is 0. The Morgan fingerprint density at radius 2 is 2.10 bits per heavy atom. The van der Waals surface area contributed by atoms with Gasteiger partial charge in [0.25, 0.3) is 5.95 Å². The first-order valence-corrected chi connectivity index (χ1v) is 5.98. The van der Waals surface area contributed by atoms with Gasteiger partial charge >= 0.3 is 0 Å². The quantitative estimate of drug-likeness (QED) is 0.750. The molecule has 0 atom stereocenters. The standard InChI is InChI=1S/C11H9ClN8/c12-7-2-1-3-8(4-7)16-10-17-9(13)18-11(19-10)20-6-14-5-15-20/h1-6H,(H3,13,16,17,18,19). The van der Waals surface area contributed by atoms with Crippen LogP contribution in [-0.4, -0.2) is 29.7 Å². The molecule has 100 valence electrons. The summed E-state index contributed by atoms with van der Waals surface area (Å²) in [5, 5.41) is 7.54. The van der Waals surface area contributed by atoms with Crippen molar-refractivity contribution in [1.82, 2.24) is 29.7 Å². The van der Waals surface area contributed by atoms with Gasteiger partial charge in [-0.05, 0) is 18.2 Å². The Hall–Kier alpha value is -2.74. The van der Waals surface area contributed by atoms with Crippen molar-refractivity contribution in [3.63, 3.8) is 0 Å². The van der Waals surface area contributed by atoms with Crippen LogP contribution >= 0.6 is 11.6 Å². The summed E-state index contributed by atoms with van der Waals surface area (Å²) in [7, 11) is 0. The molecule has 0 fully saturated rings. The summed E-state index contributed by atoms with van der Waals surface area (Å²) in [4.78, 5) is 16.0. The highest BCUT2D eigenvalue weighted by Gasteiger charge is 2.07. The van der Waals surface area contributed by atoms with Gasteiger partial charge in [-0.15, -0.1) is 0 Å². The molecule has 2 heterocycles. The second-order valence-corrected chi connectivity index (χ2v) is 4.23. The Labute approximate surface area is 118 Å². The van der Waals surface area contributed by atoms with Gasteiger partial charge in [0.2, 0.25) is 11.9 Å². The van der Waals surface area contributed by atoms with Gasteiger partial charge in [0.1, 0.15) is 12.7 Å². The number of hydrogen-bond donors (Lipinski definition) is 2. The molecule has 2 aromatic heterocycles. The van der Waals surface area contributed by atoms with Crippen LogP contribution in [0, 0.1) is 0 Å². The van der Waals surface area contributed by atoms with Gasteiger partial charge in [-0.2, -0.15) is 24.7 Å². The summed E-state index contributed by atoms with van der Waals surface area (Å²) in [6.45, 7) is 0. The Morgan fingerprint density at radius 3 is 2.85 bits per heavy atom. The van der Waals surface area contributed by atoms with E-state index in [-0.39, 0.29) is 11.9 Å². The Morgan fingerprint density at radius 1 is 1.20 bits per heavy atom. The van der Waals surface area contributed by atoms with Gasteiger partial charge < -0.3 is 11.1 Å². The van der Waals surface area contributed by atoms with Crippen LogP contribution in [0.1, 0.15) is 0 Å². The molecule has 3 aromatic rings. The van der Waals surface area contributed by atoms with Crippen molar-refractivity contribution in [1.29, 1.82) is 0 Å². The van der Waals surface area contributed by atoms with Crippen molar-refractivity contribution in [3.8, 4) is 5.95 Å². The summed E-state index contributed by atoms with van der Waals surface area (Å²) in [6.07, 6.45) is 2.85. The maximum Gasteiger partial charge on any atom is 0.258 e. The zero-order chi connectivity index (χ0) is 13.9. The van der Waals surface area contributed by atoms with E-state index in [2.05, 4.69) is 30.4 Å². The third-order valence-corrected chi connectivity index (χ3v) is 2.58. The maximum absolute atomic E-state index is 5.91. The zero-order valence-corrected chi connectivity index (χ0v) is 10.9. The van der Waals surface area contributed by atoms with E-state index in [1.807, 2.05) is 12.1 Å². The van der Waals surface area contributed by atoms with Crippen LogP contribution in [0.4, 0.5) is 17.6 Å². The fourth-order valence-corrected chi connectivity index (χ4v) is 1.74. The lowest BCUT2D eigenvalue weighted by atomic mass is 10.3. The van der Waals surface area contributed by atoms with E-state index in [0.717, 1.165) is 5.69 Å². The minimum atomic E-state index is 0.0787. The van der Waals surface area contributed by atoms with Gasteiger partial charge in [-0.1, -0.05) is 17.7 Å².